The van der Waals surface area contributed by atoms with Crippen LogP contribution in [-0.4, -0.2) is 77.3 Å². The lowest BCUT2D eigenvalue weighted by Crippen LogP contribution is -2.46. The molecule has 5 heterocycles. The quantitative estimate of drug-likeness (QED) is 0.0539. The first-order valence-corrected chi connectivity index (χ1v) is 31.2. The van der Waals surface area contributed by atoms with Crippen molar-refractivity contribution in [3.8, 4) is 0 Å². The molecule has 0 atom stereocenters. The second kappa shape index (κ2) is 29.1. The van der Waals surface area contributed by atoms with Crippen LogP contribution < -0.4 is 21.7 Å². The molecule has 0 unspecified atom stereocenters. The molecular weight excluding hydrogens is 1220 g/mol. The highest BCUT2D eigenvalue weighted by atomic mass is 35.5. The van der Waals surface area contributed by atoms with E-state index in [1.807, 2.05) is 45.5 Å². The SMILES string of the molecule is CC(C)(C)OC(=O)NC1CC(n2c(NC(=O)c3ccc(C(F)F)s3)nc3cc(CC(=O)C4CCCCC4)ccc32)C1.Cl.NC1CC(n2c(NC(=O)c3ccc(C(F)F)s3)nc3cc(CC(=O)C4CCCCC4)ccc32)C1.O=C(O)c1ccc(C(F)F)s1. The number of carbonyl (C=O) groups excluding carboxylic acids is 5. The number of rotatable bonds is 17. The molecule has 5 aromatic heterocycles. The highest BCUT2D eigenvalue weighted by molar-refractivity contribution is 7.14. The number of hydrogen-bond acceptors (Lipinski definition) is 13. The van der Waals surface area contributed by atoms with E-state index in [0.717, 1.165) is 115 Å². The number of nitrogens with one attached hydrogen (secondary N) is 3. The third-order valence-electron chi connectivity index (χ3n) is 15.7. The van der Waals surface area contributed by atoms with Crippen LogP contribution in [0.25, 0.3) is 22.1 Å². The highest BCUT2D eigenvalue weighted by Gasteiger charge is 2.37. The van der Waals surface area contributed by atoms with Crippen LogP contribution in [0.1, 0.15) is 197 Å². The summed E-state index contributed by atoms with van der Waals surface area (Å²) in [5, 5.41) is 16.9. The van der Waals surface area contributed by atoms with Gasteiger partial charge in [-0.15, -0.1) is 46.4 Å². The molecule has 6 N–H and O–H groups in total. The normalized spacial score (nSPS) is 18.8. The average Bonchev–Trinajstić information content (AvgIpc) is 1.74. The number of imidazole rings is 2. The molecule has 3 amide bonds. The molecule has 4 aliphatic rings. The number of carboxylic acids is 1. The van der Waals surface area contributed by atoms with Gasteiger partial charge in [-0.2, -0.15) is 0 Å². The van der Waals surface area contributed by atoms with Crippen LogP contribution >= 0.6 is 46.4 Å². The summed E-state index contributed by atoms with van der Waals surface area (Å²) < 4.78 is 85.1. The number of nitrogens with two attached hydrogens (primary N) is 1. The van der Waals surface area contributed by atoms with E-state index in [9.17, 15) is 55.1 Å². The Morgan fingerprint density at radius 3 is 1.34 bits per heavy atom. The number of halogens is 7. The summed E-state index contributed by atoms with van der Waals surface area (Å²) in [6, 6.07) is 19.2. The van der Waals surface area contributed by atoms with Crippen LogP contribution in [0.3, 0.4) is 0 Å². The predicted molar refractivity (Wildman–Crippen MR) is 326 cm³/mol. The summed E-state index contributed by atoms with van der Waals surface area (Å²) in [6.45, 7) is 5.41. The average molecular weight is 1290 g/mol. The fourth-order valence-electron chi connectivity index (χ4n) is 11.3. The second-order valence-corrected chi connectivity index (χ2v) is 26.6. The smallest absolute Gasteiger partial charge is 0.407 e. The van der Waals surface area contributed by atoms with Crippen LogP contribution in [0.5, 0.6) is 0 Å². The van der Waals surface area contributed by atoms with Gasteiger partial charge in [0.2, 0.25) is 11.9 Å². The van der Waals surface area contributed by atoms with Crippen molar-refractivity contribution in [1.29, 1.82) is 0 Å². The van der Waals surface area contributed by atoms with Gasteiger partial charge in [-0.3, -0.25) is 29.8 Å². The Morgan fingerprint density at radius 2 is 0.989 bits per heavy atom. The molecule has 4 fully saturated rings. The zero-order chi connectivity index (χ0) is 61.6. The van der Waals surface area contributed by atoms with E-state index in [4.69, 9.17) is 20.6 Å². The molecule has 4 aliphatic carbocycles. The number of carbonyl (C=O) groups is 6. The second-order valence-electron chi connectivity index (χ2n) is 23.3. The minimum atomic E-state index is -2.65. The summed E-state index contributed by atoms with van der Waals surface area (Å²) in [5.74, 6) is -0.685. The summed E-state index contributed by atoms with van der Waals surface area (Å²) in [7, 11) is 0. The van der Waals surface area contributed by atoms with Crippen molar-refractivity contribution in [2.45, 2.75) is 173 Å². The Balaban J connectivity index is 0.000000192. The number of alkyl halides is 6. The van der Waals surface area contributed by atoms with Gasteiger partial charge in [0.05, 0.1) is 46.5 Å². The number of ether oxygens (including phenoxy) is 1. The van der Waals surface area contributed by atoms with Crippen LogP contribution in [-0.2, 0) is 27.2 Å². The molecule has 11 rings (SSSR count). The number of benzene rings is 2. The maximum Gasteiger partial charge on any atom is 0.407 e. The van der Waals surface area contributed by atoms with Gasteiger partial charge < -0.3 is 30.0 Å². The molecule has 0 aliphatic heterocycles. The Kier molecular flexibility index (Phi) is 22.2. The molecule has 0 spiro atoms. The minimum absolute atomic E-state index is 0. The number of fused-ring (bicyclic) bond motifs is 2. The fraction of sp³-hybridized carbons (Fsp3) is 0.475. The number of thiophene rings is 3. The largest absolute Gasteiger partial charge is 0.477 e. The van der Waals surface area contributed by atoms with Crippen molar-refractivity contribution < 1.29 is 65.0 Å². The van der Waals surface area contributed by atoms with Gasteiger partial charge in [0.25, 0.3) is 31.1 Å². The summed E-state index contributed by atoms with van der Waals surface area (Å²) in [6.07, 6.45) is 5.82. The molecule has 4 saturated carbocycles. The minimum Gasteiger partial charge on any atom is -0.477 e. The van der Waals surface area contributed by atoms with Crippen molar-refractivity contribution >= 4 is 116 Å². The van der Waals surface area contributed by atoms with Crippen molar-refractivity contribution in [1.82, 2.24) is 24.4 Å². The number of alkyl carbamates (subject to hydrolysis) is 1. The molecule has 2 aromatic carbocycles. The predicted octanol–water partition coefficient (Wildman–Crippen LogP) is 15.7. The lowest BCUT2D eigenvalue weighted by molar-refractivity contribution is -0.123. The number of amides is 3. The molecule has 0 bridgehead atoms. The monoisotopic (exact) mass is 1290 g/mol. The standard InChI is InChI=1S/C30H36F2N4O4S.C25H28F2N4O2S.C6H4F2O2S.ClH/c1-30(2,3)40-29(39)33-19-15-20(16-19)36-22-10-9-17(14-23(37)18-7-5-4-6-8-18)13-21(22)34-28(36)35-27(38)25-12-11-24(41-25)26(31)32;26-23(27)21-8-9-22(34-21)24(33)30-25-29-18-10-14(11-20(32)15-4-2-1-3-5-15)6-7-19(18)31(25)17-12-16(28)13-17;7-5(8)3-1-2-4(11-3)6(9)10;/h9-13,18-20,26H,4-8,14-16H2,1-3H3,(H,33,39)(H,34,35,38);6-10,15-17,23H,1-5,11-13,28H2,(H,29,30,33);1-2,5H,(H,9,10);1H. The lowest BCUT2D eigenvalue weighted by Gasteiger charge is -2.37. The van der Waals surface area contributed by atoms with Gasteiger partial charge in [-0.1, -0.05) is 50.7 Å². The Morgan fingerprint density at radius 1 is 0.598 bits per heavy atom. The maximum atomic E-state index is 13.1. The number of anilines is 2. The number of aromatic nitrogens is 4. The molecule has 7 aromatic rings. The first kappa shape index (κ1) is 66.3. The molecule has 26 heteroatoms. The molecule has 87 heavy (non-hydrogen) atoms. The molecule has 16 nitrogen and oxygen atoms in total. The number of carboxylic acid groups (broad SMARTS) is 1. The molecule has 0 saturated heterocycles. The van der Waals surface area contributed by atoms with Gasteiger partial charge in [-0.05, 0) is 144 Å². The van der Waals surface area contributed by atoms with Crippen molar-refractivity contribution in [2.24, 2.45) is 17.6 Å². The number of hydrogen-bond donors (Lipinski definition) is 5. The van der Waals surface area contributed by atoms with E-state index >= 15 is 0 Å². The number of ketones is 2. The van der Waals surface area contributed by atoms with Gasteiger partial charge >= 0.3 is 12.1 Å². The summed E-state index contributed by atoms with van der Waals surface area (Å²) in [5.41, 5.74) is 10.2. The Labute approximate surface area is 516 Å². The van der Waals surface area contributed by atoms with E-state index in [1.165, 1.54) is 43.2 Å². The number of nitrogens with zero attached hydrogens (tertiary/aromatic N) is 4. The van der Waals surface area contributed by atoms with Crippen LogP contribution in [0.4, 0.5) is 43.0 Å². The first-order valence-electron chi connectivity index (χ1n) is 28.8. The zero-order valence-corrected chi connectivity index (χ0v) is 51.3. The van der Waals surface area contributed by atoms with E-state index in [0.29, 0.717) is 60.0 Å². The third kappa shape index (κ3) is 16.9. The van der Waals surface area contributed by atoms with E-state index in [-0.39, 0.29) is 89.2 Å². The molecular formula is C61H69ClF6N8O8S3. The molecule has 468 valence electrons. The van der Waals surface area contributed by atoms with Crippen molar-refractivity contribution in [3.63, 3.8) is 0 Å². The number of Topliss-reactive ketones (excluding diaryl/α,β-unsaturated/α-hetero) is 2. The van der Waals surface area contributed by atoms with Crippen LogP contribution in [0.15, 0.2) is 72.8 Å². The summed E-state index contributed by atoms with van der Waals surface area (Å²) >= 11 is 2.12. The van der Waals surface area contributed by atoms with Crippen LogP contribution in [0.2, 0.25) is 0 Å². The maximum absolute atomic E-state index is 13.1. The van der Waals surface area contributed by atoms with Gasteiger partial charge in [0, 0.05) is 48.8 Å². The molecule has 0 radical (unpaired) electrons. The van der Waals surface area contributed by atoms with Crippen molar-refractivity contribution in [2.75, 3.05) is 10.6 Å². The summed E-state index contributed by atoms with van der Waals surface area (Å²) in [4.78, 5) is 83.1. The topological polar surface area (TPSA) is 230 Å². The Hall–Kier alpha value is -6.67. The lowest BCUT2D eigenvalue weighted by atomic mass is 9.84. The third-order valence-corrected chi connectivity index (χ3v) is 19.0. The fourth-order valence-corrected chi connectivity index (χ4v) is 13.5. The zero-order valence-electron chi connectivity index (χ0n) is 48.0. The van der Waals surface area contributed by atoms with Gasteiger partial charge in [-0.25, -0.2) is 45.9 Å². The van der Waals surface area contributed by atoms with E-state index in [1.54, 1.807) is 20.8 Å². The van der Waals surface area contributed by atoms with Crippen molar-refractivity contribution in [3.05, 3.63) is 113 Å². The number of aromatic carboxylic acids is 1. The van der Waals surface area contributed by atoms with Crippen LogP contribution in [0, 0.1) is 11.8 Å². The highest BCUT2D eigenvalue weighted by Crippen LogP contribution is 2.41. The first-order chi connectivity index (χ1) is 41.0. The van der Waals surface area contributed by atoms with Gasteiger partial charge in [0.1, 0.15) is 22.0 Å². The Bertz CT molecular complexity index is 3570. The van der Waals surface area contributed by atoms with E-state index in [2.05, 4.69) is 20.9 Å². The van der Waals surface area contributed by atoms with E-state index < -0.39 is 48.8 Å². The van der Waals surface area contributed by atoms with Gasteiger partial charge in [0.15, 0.2) is 0 Å².